The smallest absolute Gasteiger partial charge is 0.275 e. The first-order valence-corrected chi connectivity index (χ1v) is 11.5. The van der Waals surface area contributed by atoms with Crippen molar-refractivity contribution in [3.05, 3.63) is 51.9 Å². The van der Waals surface area contributed by atoms with Crippen LogP contribution in [0.25, 0.3) is 15.9 Å². The molecule has 0 atom stereocenters. The molecular formula is C23H30N4OS. The minimum absolute atomic E-state index is 0.0332. The van der Waals surface area contributed by atoms with Crippen LogP contribution in [0.15, 0.2) is 41.5 Å². The second-order valence-corrected chi connectivity index (χ2v) is 9.10. The highest BCUT2D eigenvalue weighted by Gasteiger charge is 2.14. The Morgan fingerprint density at radius 3 is 2.62 bits per heavy atom. The van der Waals surface area contributed by atoms with Crippen molar-refractivity contribution in [2.75, 3.05) is 38.1 Å². The lowest BCUT2D eigenvalue weighted by Gasteiger charge is -2.23. The van der Waals surface area contributed by atoms with E-state index in [9.17, 15) is 4.79 Å². The SMILES string of the molecule is CCCCCc1cc2ncn(-c3ccc(N4CCCN(C)CC4)cc3)c(=O)c2s1. The van der Waals surface area contributed by atoms with Gasteiger partial charge in [0.05, 0.1) is 11.2 Å². The lowest BCUT2D eigenvalue weighted by atomic mass is 10.2. The lowest BCUT2D eigenvalue weighted by Crippen LogP contribution is -2.28. The number of unbranched alkanes of at least 4 members (excludes halogenated alkanes) is 2. The van der Waals surface area contributed by atoms with E-state index >= 15 is 0 Å². The van der Waals surface area contributed by atoms with E-state index < -0.39 is 0 Å². The van der Waals surface area contributed by atoms with Crippen molar-refractivity contribution in [3.63, 3.8) is 0 Å². The normalized spacial score (nSPS) is 15.7. The molecule has 2 aromatic heterocycles. The highest BCUT2D eigenvalue weighted by atomic mass is 32.1. The summed E-state index contributed by atoms with van der Waals surface area (Å²) in [6.45, 7) is 6.56. The van der Waals surface area contributed by atoms with Crippen molar-refractivity contribution in [2.24, 2.45) is 0 Å². The largest absolute Gasteiger partial charge is 0.370 e. The number of aryl methyl sites for hydroxylation is 1. The fourth-order valence-electron chi connectivity index (χ4n) is 3.95. The van der Waals surface area contributed by atoms with Crippen LogP contribution in [0.3, 0.4) is 0 Å². The third-order valence-electron chi connectivity index (χ3n) is 5.73. The highest BCUT2D eigenvalue weighted by Crippen LogP contribution is 2.24. The summed E-state index contributed by atoms with van der Waals surface area (Å²) in [4.78, 5) is 23.7. The number of hydrogen-bond acceptors (Lipinski definition) is 5. The quantitative estimate of drug-likeness (QED) is 0.568. The van der Waals surface area contributed by atoms with Crippen LogP contribution in [-0.4, -0.2) is 47.7 Å². The second-order valence-electron chi connectivity index (χ2n) is 7.96. The van der Waals surface area contributed by atoms with Crippen LogP contribution in [0.4, 0.5) is 5.69 Å². The van der Waals surface area contributed by atoms with Crippen molar-refractivity contribution in [3.8, 4) is 5.69 Å². The van der Waals surface area contributed by atoms with E-state index in [1.165, 1.54) is 36.2 Å². The molecule has 0 bridgehead atoms. The summed E-state index contributed by atoms with van der Waals surface area (Å²) in [7, 11) is 2.18. The fourth-order valence-corrected chi connectivity index (χ4v) is 5.03. The number of fused-ring (bicyclic) bond motifs is 1. The third-order valence-corrected chi connectivity index (χ3v) is 6.90. The van der Waals surface area contributed by atoms with E-state index in [4.69, 9.17) is 0 Å². The Kier molecular flexibility index (Phi) is 6.31. The monoisotopic (exact) mass is 410 g/mol. The van der Waals surface area contributed by atoms with Crippen LogP contribution < -0.4 is 10.5 Å². The molecule has 29 heavy (non-hydrogen) atoms. The standard InChI is InChI=1S/C23H30N4OS/c1-3-4-5-7-20-16-21-22(29-20)23(28)27(17-24-21)19-10-8-18(9-11-19)26-13-6-12-25(2)14-15-26/h8-11,16-17H,3-7,12-15H2,1-2H3. The van der Waals surface area contributed by atoms with Crippen LogP contribution >= 0.6 is 11.3 Å². The summed E-state index contributed by atoms with van der Waals surface area (Å²) in [5.41, 5.74) is 2.96. The number of thiophene rings is 1. The molecule has 0 spiro atoms. The molecule has 0 saturated carbocycles. The Morgan fingerprint density at radius 2 is 1.83 bits per heavy atom. The van der Waals surface area contributed by atoms with Crippen LogP contribution in [0.2, 0.25) is 0 Å². The lowest BCUT2D eigenvalue weighted by molar-refractivity contribution is 0.360. The summed E-state index contributed by atoms with van der Waals surface area (Å²) in [5.74, 6) is 0. The molecular weight excluding hydrogens is 380 g/mol. The number of anilines is 1. The summed E-state index contributed by atoms with van der Waals surface area (Å²) in [6.07, 6.45) is 7.49. The third kappa shape index (κ3) is 4.54. The van der Waals surface area contributed by atoms with Crippen molar-refractivity contribution in [1.82, 2.24) is 14.5 Å². The van der Waals surface area contributed by atoms with Gasteiger partial charge >= 0.3 is 0 Å². The van der Waals surface area contributed by atoms with Crippen molar-refractivity contribution in [1.29, 1.82) is 0 Å². The van der Waals surface area contributed by atoms with E-state index in [0.717, 1.165) is 48.5 Å². The van der Waals surface area contributed by atoms with Gasteiger partial charge in [0.2, 0.25) is 0 Å². The molecule has 1 fully saturated rings. The molecule has 0 amide bonds. The maximum absolute atomic E-state index is 13.1. The molecule has 3 aromatic rings. The maximum atomic E-state index is 13.1. The van der Waals surface area contributed by atoms with E-state index in [1.807, 2.05) is 12.1 Å². The summed E-state index contributed by atoms with van der Waals surface area (Å²) in [6, 6.07) is 10.4. The molecule has 154 valence electrons. The van der Waals surface area contributed by atoms with Gasteiger partial charge in [0, 0.05) is 30.2 Å². The van der Waals surface area contributed by atoms with Gasteiger partial charge in [0.1, 0.15) is 11.0 Å². The highest BCUT2D eigenvalue weighted by molar-refractivity contribution is 7.18. The van der Waals surface area contributed by atoms with Gasteiger partial charge in [-0.1, -0.05) is 19.8 Å². The van der Waals surface area contributed by atoms with Crippen molar-refractivity contribution in [2.45, 2.75) is 39.0 Å². The Hall–Kier alpha value is -2.18. The van der Waals surface area contributed by atoms with Crippen LogP contribution in [0.1, 0.15) is 37.5 Å². The number of hydrogen-bond donors (Lipinski definition) is 0. The Bertz CT molecular complexity index is 1010. The fraction of sp³-hybridized carbons (Fsp3) is 0.478. The van der Waals surface area contributed by atoms with Gasteiger partial charge in [-0.15, -0.1) is 11.3 Å². The average molecular weight is 411 g/mol. The zero-order valence-electron chi connectivity index (χ0n) is 17.4. The van der Waals surface area contributed by atoms with E-state index in [0.29, 0.717) is 0 Å². The predicted octanol–water partition coefficient (Wildman–Crippen LogP) is 4.32. The molecule has 5 nitrogen and oxygen atoms in total. The summed E-state index contributed by atoms with van der Waals surface area (Å²) in [5, 5.41) is 0. The number of nitrogens with zero attached hydrogens (tertiary/aromatic N) is 4. The molecule has 0 N–H and O–H groups in total. The molecule has 0 radical (unpaired) electrons. The number of benzene rings is 1. The molecule has 1 saturated heterocycles. The van der Waals surface area contributed by atoms with Gasteiger partial charge < -0.3 is 9.80 Å². The second kappa shape index (κ2) is 9.09. The molecule has 0 aliphatic carbocycles. The topological polar surface area (TPSA) is 41.4 Å². The van der Waals surface area contributed by atoms with Crippen LogP contribution in [-0.2, 0) is 6.42 Å². The van der Waals surface area contributed by atoms with Gasteiger partial charge in [-0.05, 0) is 63.2 Å². The van der Waals surface area contributed by atoms with Gasteiger partial charge in [0.15, 0.2) is 0 Å². The number of likely N-dealkylation sites (N-methyl/N-ethyl adjacent to an activating group) is 1. The summed E-state index contributed by atoms with van der Waals surface area (Å²) < 4.78 is 2.44. The molecule has 1 aromatic carbocycles. The zero-order valence-corrected chi connectivity index (χ0v) is 18.2. The predicted molar refractivity (Wildman–Crippen MR) is 123 cm³/mol. The van der Waals surface area contributed by atoms with Crippen molar-refractivity contribution >= 4 is 27.2 Å². The van der Waals surface area contributed by atoms with Gasteiger partial charge in [-0.25, -0.2) is 4.98 Å². The Labute approximate surface area is 176 Å². The average Bonchev–Trinajstić information content (AvgIpc) is 3.03. The first kappa shape index (κ1) is 20.1. The number of rotatable bonds is 6. The Morgan fingerprint density at radius 1 is 1.03 bits per heavy atom. The van der Waals surface area contributed by atoms with Gasteiger partial charge in [-0.2, -0.15) is 0 Å². The van der Waals surface area contributed by atoms with Crippen molar-refractivity contribution < 1.29 is 0 Å². The molecule has 3 heterocycles. The minimum Gasteiger partial charge on any atom is -0.370 e. The molecule has 1 aliphatic heterocycles. The van der Waals surface area contributed by atoms with Gasteiger partial charge in [0.25, 0.3) is 5.56 Å². The minimum atomic E-state index is 0.0332. The van der Waals surface area contributed by atoms with E-state index in [2.05, 4.69) is 47.0 Å². The van der Waals surface area contributed by atoms with Crippen LogP contribution in [0.5, 0.6) is 0 Å². The van der Waals surface area contributed by atoms with Gasteiger partial charge in [-0.3, -0.25) is 9.36 Å². The van der Waals surface area contributed by atoms with E-state index in [1.54, 1.807) is 22.2 Å². The molecule has 1 aliphatic rings. The molecule has 0 unspecified atom stereocenters. The Balaban J connectivity index is 1.56. The summed E-state index contributed by atoms with van der Waals surface area (Å²) >= 11 is 1.60. The zero-order chi connectivity index (χ0) is 20.2. The molecule has 4 rings (SSSR count). The van der Waals surface area contributed by atoms with Crippen LogP contribution in [0, 0.1) is 0 Å². The first-order valence-electron chi connectivity index (χ1n) is 10.7. The maximum Gasteiger partial charge on any atom is 0.275 e. The first-order chi connectivity index (χ1) is 14.2. The number of aromatic nitrogens is 2. The van der Waals surface area contributed by atoms with E-state index in [-0.39, 0.29) is 5.56 Å². The molecule has 6 heteroatoms.